The predicted molar refractivity (Wildman–Crippen MR) is 37.2 cm³/mol. The zero-order chi connectivity index (χ0) is 6.72. The third-order valence-electron chi connectivity index (χ3n) is 2.87. The fraction of sp³-hybridized carbons (Fsp3) is 0.444. The van der Waals surface area contributed by atoms with Gasteiger partial charge in [-0.1, -0.05) is 24.3 Å². The highest BCUT2D eigenvalue weighted by Crippen LogP contribution is 2.55. The van der Waals surface area contributed by atoms with Crippen LogP contribution in [0, 0.1) is 23.7 Å². The van der Waals surface area contributed by atoms with Crippen LogP contribution in [0.25, 0.3) is 0 Å². The van der Waals surface area contributed by atoms with E-state index in [9.17, 15) is 4.79 Å². The van der Waals surface area contributed by atoms with Gasteiger partial charge in [0, 0.05) is 5.92 Å². The lowest BCUT2D eigenvalue weighted by Gasteiger charge is -2.11. The molecule has 0 spiro atoms. The van der Waals surface area contributed by atoms with Gasteiger partial charge in [0.1, 0.15) is 5.78 Å². The Morgan fingerprint density at radius 1 is 1.00 bits per heavy atom. The molecule has 0 saturated heterocycles. The van der Waals surface area contributed by atoms with Crippen LogP contribution in [0.15, 0.2) is 24.3 Å². The second kappa shape index (κ2) is 1.26. The molecule has 4 atom stereocenters. The summed E-state index contributed by atoms with van der Waals surface area (Å²) < 4.78 is 0. The maximum atomic E-state index is 11.3. The van der Waals surface area contributed by atoms with Crippen molar-refractivity contribution in [3.05, 3.63) is 24.3 Å². The minimum absolute atomic E-state index is 0.139. The molecule has 1 nitrogen and oxygen atoms in total. The molecule has 0 aliphatic heterocycles. The molecule has 1 saturated carbocycles. The van der Waals surface area contributed by atoms with Gasteiger partial charge in [0.2, 0.25) is 0 Å². The van der Waals surface area contributed by atoms with E-state index in [4.69, 9.17) is 0 Å². The number of hydrogen-bond acceptors (Lipinski definition) is 1. The Morgan fingerprint density at radius 2 is 1.60 bits per heavy atom. The second-order valence-electron chi connectivity index (χ2n) is 3.38. The summed E-state index contributed by atoms with van der Waals surface area (Å²) in [7, 11) is 0. The van der Waals surface area contributed by atoms with Gasteiger partial charge in [-0.2, -0.15) is 0 Å². The highest BCUT2D eigenvalue weighted by Gasteiger charge is 2.56. The van der Waals surface area contributed by atoms with Crippen molar-refractivity contribution in [1.82, 2.24) is 0 Å². The van der Waals surface area contributed by atoms with Crippen LogP contribution in [-0.2, 0) is 4.79 Å². The van der Waals surface area contributed by atoms with E-state index in [1.165, 1.54) is 0 Å². The molecule has 2 bridgehead atoms. The van der Waals surface area contributed by atoms with Crippen molar-refractivity contribution in [3.63, 3.8) is 0 Å². The molecule has 3 rings (SSSR count). The van der Waals surface area contributed by atoms with E-state index in [1.807, 2.05) is 12.2 Å². The van der Waals surface area contributed by atoms with E-state index in [0.29, 0.717) is 23.5 Å². The molecule has 1 fully saturated rings. The SMILES string of the molecule is O=C1C2C=CC3C1[C@@H]3C=C2. The summed E-state index contributed by atoms with van der Waals surface area (Å²) in [6.07, 6.45) is 8.52. The fourth-order valence-electron chi connectivity index (χ4n) is 2.21. The Labute approximate surface area is 59.4 Å². The van der Waals surface area contributed by atoms with Crippen molar-refractivity contribution in [2.24, 2.45) is 23.7 Å². The van der Waals surface area contributed by atoms with E-state index in [2.05, 4.69) is 12.2 Å². The van der Waals surface area contributed by atoms with Crippen molar-refractivity contribution in [3.8, 4) is 0 Å². The molecule has 0 radical (unpaired) electrons. The third-order valence-corrected chi connectivity index (χ3v) is 2.87. The van der Waals surface area contributed by atoms with Crippen LogP contribution in [0.1, 0.15) is 0 Å². The number of hydrogen-bond donors (Lipinski definition) is 0. The first-order valence-corrected chi connectivity index (χ1v) is 3.78. The van der Waals surface area contributed by atoms with Gasteiger partial charge in [-0.15, -0.1) is 0 Å². The van der Waals surface area contributed by atoms with E-state index < -0.39 is 0 Å². The zero-order valence-corrected chi connectivity index (χ0v) is 5.53. The monoisotopic (exact) mass is 132 g/mol. The van der Waals surface area contributed by atoms with Crippen LogP contribution in [0.3, 0.4) is 0 Å². The number of allylic oxidation sites excluding steroid dienone is 4. The zero-order valence-electron chi connectivity index (χ0n) is 5.53. The van der Waals surface area contributed by atoms with E-state index in [-0.39, 0.29) is 5.92 Å². The summed E-state index contributed by atoms with van der Waals surface area (Å²) in [6.45, 7) is 0. The second-order valence-corrected chi connectivity index (χ2v) is 3.38. The third kappa shape index (κ3) is 0.367. The lowest BCUT2D eigenvalue weighted by Crippen LogP contribution is -2.17. The Morgan fingerprint density at radius 3 is 2.10 bits per heavy atom. The number of Topliss-reactive ketones (excluding diaryl/α,β-unsaturated/α-hetero) is 1. The standard InChI is InChI=1S/C9H8O/c10-9-5-1-3-6-7(4-2-5)8(6)9/h1-8H/t5?,6-,7?,8?/m1/s1. The van der Waals surface area contributed by atoms with E-state index in [0.717, 1.165) is 0 Å². The number of rotatable bonds is 0. The van der Waals surface area contributed by atoms with Crippen LogP contribution in [0.5, 0.6) is 0 Å². The average molecular weight is 132 g/mol. The maximum Gasteiger partial charge on any atom is 0.147 e. The molecule has 0 N–H and O–H groups in total. The quantitative estimate of drug-likeness (QED) is 0.452. The summed E-state index contributed by atoms with van der Waals surface area (Å²) in [6, 6.07) is 0. The molecule has 3 aliphatic carbocycles. The van der Waals surface area contributed by atoms with Gasteiger partial charge in [-0.05, 0) is 11.8 Å². The highest BCUT2D eigenvalue weighted by molar-refractivity contribution is 5.93. The molecule has 1 heteroatoms. The molecule has 0 aromatic heterocycles. The summed E-state index contributed by atoms with van der Waals surface area (Å²) >= 11 is 0. The Balaban J connectivity index is 2.21. The average Bonchev–Trinajstić information content (AvgIpc) is 2.59. The summed E-state index contributed by atoms with van der Waals surface area (Å²) in [5, 5.41) is 0. The smallest absolute Gasteiger partial charge is 0.147 e. The molecule has 0 amide bonds. The Bertz CT molecular complexity index is 242. The largest absolute Gasteiger partial charge is 0.298 e. The first-order valence-electron chi connectivity index (χ1n) is 3.78. The number of carbonyl (C=O) groups is 1. The van der Waals surface area contributed by atoms with Gasteiger partial charge in [0.05, 0.1) is 5.92 Å². The van der Waals surface area contributed by atoms with Crippen LogP contribution in [0.4, 0.5) is 0 Å². The van der Waals surface area contributed by atoms with Gasteiger partial charge in [0.25, 0.3) is 0 Å². The van der Waals surface area contributed by atoms with Crippen LogP contribution >= 0.6 is 0 Å². The van der Waals surface area contributed by atoms with E-state index >= 15 is 0 Å². The molecule has 0 heterocycles. The van der Waals surface area contributed by atoms with Crippen molar-refractivity contribution in [1.29, 1.82) is 0 Å². The normalized spacial score (nSPS) is 53.4. The lowest BCUT2D eigenvalue weighted by atomic mass is 9.92. The molecule has 10 heavy (non-hydrogen) atoms. The van der Waals surface area contributed by atoms with Crippen LogP contribution in [-0.4, -0.2) is 5.78 Å². The van der Waals surface area contributed by atoms with E-state index in [1.54, 1.807) is 0 Å². The summed E-state index contributed by atoms with van der Waals surface area (Å²) in [4.78, 5) is 11.3. The predicted octanol–water partition coefficient (Wildman–Crippen LogP) is 1.17. The molecule has 3 aliphatic rings. The molecule has 0 aromatic carbocycles. The number of ketones is 1. The molecule has 50 valence electrons. The van der Waals surface area contributed by atoms with Crippen molar-refractivity contribution >= 4 is 5.78 Å². The molecular formula is C9H8O. The minimum Gasteiger partial charge on any atom is -0.298 e. The maximum absolute atomic E-state index is 11.3. The minimum atomic E-state index is 0.139. The Hall–Kier alpha value is -0.850. The van der Waals surface area contributed by atoms with Crippen molar-refractivity contribution in [2.75, 3.05) is 0 Å². The topological polar surface area (TPSA) is 17.1 Å². The lowest BCUT2D eigenvalue weighted by molar-refractivity contribution is -0.122. The van der Waals surface area contributed by atoms with Gasteiger partial charge in [-0.3, -0.25) is 4.79 Å². The molecule has 3 unspecified atom stereocenters. The Kier molecular flexibility index (Phi) is 0.618. The highest BCUT2D eigenvalue weighted by atomic mass is 16.1. The van der Waals surface area contributed by atoms with Crippen LogP contribution < -0.4 is 0 Å². The fourth-order valence-corrected chi connectivity index (χ4v) is 2.21. The van der Waals surface area contributed by atoms with Crippen molar-refractivity contribution in [2.45, 2.75) is 0 Å². The molecule has 0 aromatic rings. The van der Waals surface area contributed by atoms with Crippen LogP contribution in [0.2, 0.25) is 0 Å². The summed E-state index contributed by atoms with van der Waals surface area (Å²) in [5.41, 5.74) is 0. The van der Waals surface area contributed by atoms with Gasteiger partial charge in [0.15, 0.2) is 0 Å². The van der Waals surface area contributed by atoms with Gasteiger partial charge >= 0.3 is 0 Å². The van der Waals surface area contributed by atoms with Gasteiger partial charge in [-0.25, -0.2) is 0 Å². The number of fused-ring (bicyclic) bond motifs is 2. The van der Waals surface area contributed by atoms with Crippen molar-refractivity contribution < 1.29 is 4.79 Å². The van der Waals surface area contributed by atoms with Gasteiger partial charge < -0.3 is 0 Å². The summed E-state index contributed by atoms with van der Waals surface area (Å²) in [5.74, 6) is 2.16. The number of carbonyl (C=O) groups excluding carboxylic acids is 1. The first kappa shape index (κ1) is 4.89. The molecular weight excluding hydrogens is 124 g/mol. The first-order chi connectivity index (χ1) is 4.88.